The molecule has 0 saturated heterocycles. The zero-order chi connectivity index (χ0) is 18.2. The molecule has 0 aliphatic carbocycles. The summed E-state index contributed by atoms with van der Waals surface area (Å²) in [6.45, 7) is 3.09. The Kier molecular flexibility index (Phi) is 6.90. The number of nitrogens with zero attached hydrogens (tertiary/aromatic N) is 1. The molecule has 0 aliphatic heterocycles. The summed E-state index contributed by atoms with van der Waals surface area (Å²) < 4.78 is 5.34. The Bertz CT molecular complexity index is 710. The van der Waals surface area contributed by atoms with E-state index in [0.29, 0.717) is 17.7 Å². The molecule has 0 heterocycles. The van der Waals surface area contributed by atoms with E-state index in [1.165, 1.54) is 0 Å². The lowest BCUT2D eigenvalue weighted by atomic mass is 9.96. The second kappa shape index (κ2) is 9.14. The molecule has 0 radical (unpaired) electrons. The summed E-state index contributed by atoms with van der Waals surface area (Å²) in [5.74, 6) is -0.708. The van der Waals surface area contributed by atoms with E-state index < -0.39 is 5.92 Å². The van der Waals surface area contributed by atoms with Crippen LogP contribution < -0.4 is 0 Å². The number of benzene rings is 2. The van der Waals surface area contributed by atoms with E-state index in [1.54, 1.807) is 37.3 Å². The highest BCUT2D eigenvalue weighted by Gasteiger charge is 2.18. The van der Waals surface area contributed by atoms with E-state index in [4.69, 9.17) is 4.74 Å². The third-order valence-electron chi connectivity index (χ3n) is 4.03. The van der Waals surface area contributed by atoms with Gasteiger partial charge < -0.3 is 9.64 Å². The molecule has 4 nitrogen and oxygen atoms in total. The molecule has 0 saturated carbocycles. The summed E-state index contributed by atoms with van der Waals surface area (Å²) in [6, 6.07) is 16.3. The molecule has 2 aromatic carbocycles. The molecular weight excluding hydrogens is 314 g/mol. The van der Waals surface area contributed by atoms with Crippen LogP contribution in [0.2, 0.25) is 0 Å². The number of carbonyl (C=O) groups is 2. The normalized spacial score (nSPS) is 12.0. The highest BCUT2D eigenvalue weighted by Crippen LogP contribution is 2.20. The summed E-state index contributed by atoms with van der Waals surface area (Å²) in [4.78, 5) is 26.8. The second-order valence-corrected chi connectivity index (χ2v) is 6.37. The highest BCUT2D eigenvalue weighted by molar-refractivity contribution is 6.09. The summed E-state index contributed by atoms with van der Waals surface area (Å²) in [5, 5.41) is 0. The van der Waals surface area contributed by atoms with Crippen LogP contribution in [0.15, 0.2) is 54.6 Å². The minimum Gasteiger partial charge on any atom is -0.465 e. The van der Waals surface area contributed by atoms with Crippen LogP contribution >= 0.6 is 0 Å². The van der Waals surface area contributed by atoms with Crippen molar-refractivity contribution in [3.63, 3.8) is 0 Å². The fraction of sp³-hybridized carbons (Fsp3) is 0.333. The Morgan fingerprint density at radius 3 is 2.36 bits per heavy atom. The second-order valence-electron chi connectivity index (χ2n) is 6.37. The minimum absolute atomic E-state index is 0.0472. The van der Waals surface area contributed by atoms with Gasteiger partial charge in [-0.25, -0.2) is 0 Å². The molecule has 4 heteroatoms. The standard InChI is InChI=1S/C21H25NO3/c1-16(21(24)25-14-8-13-22(2)3)18-11-7-12-19(15-18)20(23)17-9-5-4-6-10-17/h4-7,9-12,15-16H,8,13-14H2,1-3H3. The molecule has 2 rings (SSSR count). The number of hydrogen-bond acceptors (Lipinski definition) is 4. The van der Waals surface area contributed by atoms with Crippen LogP contribution in [0.4, 0.5) is 0 Å². The molecule has 25 heavy (non-hydrogen) atoms. The fourth-order valence-corrected chi connectivity index (χ4v) is 2.52. The van der Waals surface area contributed by atoms with Crippen molar-refractivity contribution < 1.29 is 14.3 Å². The largest absolute Gasteiger partial charge is 0.465 e. The van der Waals surface area contributed by atoms with Crippen LogP contribution in [0.5, 0.6) is 0 Å². The van der Waals surface area contributed by atoms with Gasteiger partial charge in [0, 0.05) is 17.7 Å². The first-order valence-corrected chi connectivity index (χ1v) is 8.50. The van der Waals surface area contributed by atoms with Gasteiger partial charge in [-0.3, -0.25) is 9.59 Å². The Morgan fingerprint density at radius 2 is 1.68 bits per heavy atom. The van der Waals surface area contributed by atoms with Gasteiger partial charge in [-0.05, 0) is 39.1 Å². The van der Waals surface area contributed by atoms with Crippen molar-refractivity contribution >= 4 is 11.8 Å². The quantitative estimate of drug-likeness (QED) is 0.419. The van der Waals surface area contributed by atoms with Crippen molar-refractivity contribution in [2.45, 2.75) is 19.3 Å². The summed E-state index contributed by atoms with van der Waals surface area (Å²) in [5.41, 5.74) is 2.01. The molecule has 0 amide bonds. The van der Waals surface area contributed by atoms with E-state index in [9.17, 15) is 9.59 Å². The van der Waals surface area contributed by atoms with Gasteiger partial charge in [-0.15, -0.1) is 0 Å². The van der Waals surface area contributed by atoms with Gasteiger partial charge in [0.2, 0.25) is 0 Å². The van der Waals surface area contributed by atoms with Crippen LogP contribution in [0.25, 0.3) is 0 Å². The highest BCUT2D eigenvalue weighted by atomic mass is 16.5. The Balaban J connectivity index is 2.02. The zero-order valence-corrected chi connectivity index (χ0v) is 15.1. The molecule has 132 valence electrons. The predicted octanol–water partition coefficient (Wildman–Crippen LogP) is 3.52. The third kappa shape index (κ3) is 5.54. The maximum atomic E-state index is 12.5. The number of esters is 1. The first kappa shape index (κ1) is 18.9. The van der Waals surface area contributed by atoms with Crippen molar-refractivity contribution in [2.75, 3.05) is 27.2 Å². The molecule has 1 atom stereocenters. The minimum atomic E-state index is -0.400. The van der Waals surface area contributed by atoms with Crippen LogP contribution in [-0.2, 0) is 9.53 Å². The van der Waals surface area contributed by atoms with Gasteiger partial charge in [0.15, 0.2) is 5.78 Å². The average molecular weight is 339 g/mol. The number of ketones is 1. The van der Waals surface area contributed by atoms with E-state index in [0.717, 1.165) is 18.5 Å². The summed E-state index contributed by atoms with van der Waals surface area (Å²) in [7, 11) is 3.97. The first-order valence-electron chi connectivity index (χ1n) is 8.50. The Labute approximate surface area is 149 Å². The molecule has 0 aliphatic rings. The smallest absolute Gasteiger partial charge is 0.313 e. The van der Waals surface area contributed by atoms with Crippen molar-refractivity contribution in [2.24, 2.45) is 0 Å². The fourth-order valence-electron chi connectivity index (χ4n) is 2.52. The molecule has 0 bridgehead atoms. The van der Waals surface area contributed by atoms with E-state index in [2.05, 4.69) is 4.90 Å². The number of carbonyl (C=O) groups excluding carboxylic acids is 2. The van der Waals surface area contributed by atoms with Crippen molar-refractivity contribution in [3.8, 4) is 0 Å². The van der Waals surface area contributed by atoms with Crippen LogP contribution in [-0.4, -0.2) is 43.9 Å². The molecule has 1 unspecified atom stereocenters. The maximum Gasteiger partial charge on any atom is 0.313 e. The lowest BCUT2D eigenvalue weighted by Gasteiger charge is -2.14. The van der Waals surface area contributed by atoms with Crippen molar-refractivity contribution in [1.82, 2.24) is 4.90 Å². The lowest BCUT2D eigenvalue weighted by Crippen LogP contribution is -2.18. The summed E-state index contributed by atoms with van der Waals surface area (Å²) >= 11 is 0. The topological polar surface area (TPSA) is 46.6 Å². The molecule has 2 aromatic rings. The third-order valence-corrected chi connectivity index (χ3v) is 4.03. The van der Waals surface area contributed by atoms with Crippen molar-refractivity contribution in [3.05, 3.63) is 71.3 Å². The molecular formula is C21H25NO3. The van der Waals surface area contributed by atoms with Gasteiger partial charge in [0.1, 0.15) is 0 Å². The predicted molar refractivity (Wildman–Crippen MR) is 98.9 cm³/mol. The van der Waals surface area contributed by atoms with Crippen LogP contribution in [0.1, 0.15) is 40.7 Å². The lowest BCUT2D eigenvalue weighted by molar-refractivity contribution is -0.145. The SMILES string of the molecule is CC(C(=O)OCCCN(C)C)c1cccc(C(=O)c2ccccc2)c1. The average Bonchev–Trinajstić information content (AvgIpc) is 2.64. The summed E-state index contributed by atoms with van der Waals surface area (Å²) in [6.07, 6.45) is 0.804. The van der Waals surface area contributed by atoms with Gasteiger partial charge in [0.05, 0.1) is 12.5 Å². The van der Waals surface area contributed by atoms with Gasteiger partial charge in [-0.1, -0.05) is 48.5 Å². The Morgan fingerprint density at radius 1 is 1.00 bits per heavy atom. The van der Waals surface area contributed by atoms with Crippen molar-refractivity contribution in [1.29, 1.82) is 0 Å². The van der Waals surface area contributed by atoms with Gasteiger partial charge in [0.25, 0.3) is 0 Å². The number of rotatable bonds is 8. The molecule has 0 N–H and O–H groups in total. The van der Waals surface area contributed by atoms with Crippen LogP contribution in [0, 0.1) is 0 Å². The molecule has 0 aromatic heterocycles. The van der Waals surface area contributed by atoms with E-state index in [-0.39, 0.29) is 11.8 Å². The Hall–Kier alpha value is -2.46. The maximum absolute atomic E-state index is 12.5. The van der Waals surface area contributed by atoms with Crippen LogP contribution in [0.3, 0.4) is 0 Å². The molecule has 0 fully saturated rings. The number of ether oxygens (including phenoxy) is 1. The van der Waals surface area contributed by atoms with E-state index in [1.807, 2.05) is 38.4 Å². The molecule has 0 spiro atoms. The monoisotopic (exact) mass is 339 g/mol. The van der Waals surface area contributed by atoms with Gasteiger partial charge in [-0.2, -0.15) is 0 Å². The van der Waals surface area contributed by atoms with E-state index >= 15 is 0 Å². The zero-order valence-electron chi connectivity index (χ0n) is 15.1. The number of hydrogen-bond donors (Lipinski definition) is 0. The first-order chi connectivity index (χ1) is 12.0. The van der Waals surface area contributed by atoms with Gasteiger partial charge >= 0.3 is 5.97 Å².